The molecule has 0 N–H and O–H groups in total. The number of hydrogen-bond acceptors (Lipinski definition) is 4. The molecule has 0 bridgehead atoms. The number of aromatic nitrogens is 3. The molecule has 0 saturated heterocycles. The molecule has 2 aromatic rings. The SMILES string of the molecule is Cc1nc(Cl)cc2cnn(S(C)(=O)=O)c12. The molecule has 2 heterocycles. The number of pyridine rings is 1. The van der Waals surface area contributed by atoms with E-state index >= 15 is 0 Å². The predicted octanol–water partition coefficient (Wildman–Crippen LogP) is 1.20. The number of aryl methyl sites for hydroxylation is 1. The van der Waals surface area contributed by atoms with Gasteiger partial charge in [-0.15, -0.1) is 0 Å². The summed E-state index contributed by atoms with van der Waals surface area (Å²) in [6, 6.07) is 1.58. The third-order valence-electron chi connectivity index (χ3n) is 1.97. The molecule has 0 radical (unpaired) electrons. The topological polar surface area (TPSA) is 64.8 Å². The number of fused-ring (bicyclic) bond motifs is 1. The van der Waals surface area contributed by atoms with E-state index in [1.165, 1.54) is 6.20 Å². The molecule has 2 rings (SSSR count). The fourth-order valence-electron chi connectivity index (χ4n) is 1.42. The number of rotatable bonds is 1. The zero-order chi connectivity index (χ0) is 11.2. The molecule has 0 atom stereocenters. The largest absolute Gasteiger partial charge is 0.251 e. The van der Waals surface area contributed by atoms with Gasteiger partial charge in [-0.05, 0) is 13.0 Å². The van der Waals surface area contributed by atoms with Gasteiger partial charge in [0.1, 0.15) is 10.7 Å². The van der Waals surface area contributed by atoms with Crippen LogP contribution in [0.1, 0.15) is 5.69 Å². The second-order valence-electron chi connectivity index (χ2n) is 3.22. The van der Waals surface area contributed by atoms with Crippen molar-refractivity contribution in [1.29, 1.82) is 0 Å². The highest BCUT2D eigenvalue weighted by atomic mass is 35.5. The van der Waals surface area contributed by atoms with Crippen molar-refractivity contribution in [2.75, 3.05) is 6.26 Å². The molecular formula is C8H8ClN3O2S. The zero-order valence-electron chi connectivity index (χ0n) is 8.10. The van der Waals surface area contributed by atoms with Crippen LogP contribution in [0.5, 0.6) is 0 Å². The maximum absolute atomic E-state index is 11.4. The van der Waals surface area contributed by atoms with Crippen molar-refractivity contribution in [3.05, 3.63) is 23.1 Å². The second kappa shape index (κ2) is 3.18. The Morgan fingerprint density at radius 1 is 1.47 bits per heavy atom. The van der Waals surface area contributed by atoms with E-state index in [4.69, 9.17) is 11.6 Å². The highest BCUT2D eigenvalue weighted by molar-refractivity contribution is 7.89. The van der Waals surface area contributed by atoms with Gasteiger partial charge >= 0.3 is 0 Å². The lowest BCUT2D eigenvalue weighted by Gasteiger charge is -2.02. The Bertz CT molecular complexity index is 633. The standard InChI is InChI=1S/C8H8ClN3O2S/c1-5-8-6(3-7(9)11-5)4-10-12(8)15(2,13)14/h3-4H,1-2H3. The minimum absolute atomic E-state index is 0.327. The summed E-state index contributed by atoms with van der Waals surface area (Å²) in [5, 5.41) is 4.79. The molecule has 0 unspecified atom stereocenters. The summed E-state index contributed by atoms with van der Waals surface area (Å²) in [5.41, 5.74) is 1.02. The lowest BCUT2D eigenvalue weighted by atomic mass is 10.3. The van der Waals surface area contributed by atoms with Crippen LogP contribution in [0.3, 0.4) is 0 Å². The first-order valence-electron chi connectivity index (χ1n) is 4.11. The Balaban J connectivity index is 2.93. The van der Waals surface area contributed by atoms with Gasteiger partial charge in [-0.25, -0.2) is 13.4 Å². The lowest BCUT2D eigenvalue weighted by molar-refractivity contribution is 0.588. The van der Waals surface area contributed by atoms with E-state index in [1.807, 2.05) is 0 Å². The first kappa shape index (κ1) is 10.4. The van der Waals surface area contributed by atoms with Crippen molar-refractivity contribution in [3.63, 3.8) is 0 Å². The fraction of sp³-hybridized carbons (Fsp3) is 0.250. The summed E-state index contributed by atoms with van der Waals surface area (Å²) < 4.78 is 23.7. The molecule has 0 aromatic carbocycles. The molecular weight excluding hydrogens is 238 g/mol. The van der Waals surface area contributed by atoms with Crippen molar-refractivity contribution in [3.8, 4) is 0 Å². The molecule has 0 spiro atoms. The van der Waals surface area contributed by atoms with Crippen molar-refractivity contribution in [2.24, 2.45) is 0 Å². The molecule has 80 valence electrons. The summed E-state index contributed by atoms with van der Waals surface area (Å²) in [5.74, 6) is 0. The molecule has 15 heavy (non-hydrogen) atoms. The van der Waals surface area contributed by atoms with Crippen LogP contribution in [-0.2, 0) is 10.0 Å². The Hall–Kier alpha value is -1.14. The minimum Gasteiger partial charge on any atom is -0.239 e. The molecule has 0 amide bonds. The Morgan fingerprint density at radius 2 is 2.13 bits per heavy atom. The quantitative estimate of drug-likeness (QED) is 0.708. The predicted molar refractivity (Wildman–Crippen MR) is 57.5 cm³/mol. The summed E-state index contributed by atoms with van der Waals surface area (Å²) >= 11 is 5.75. The van der Waals surface area contributed by atoms with Crippen LogP contribution < -0.4 is 0 Å². The third kappa shape index (κ3) is 1.70. The lowest BCUT2D eigenvalue weighted by Crippen LogP contribution is -2.12. The summed E-state index contributed by atoms with van der Waals surface area (Å²) in [6.45, 7) is 1.69. The summed E-state index contributed by atoms with van der Waals surface area (Å²) in [6.07, 6.45) is 2.55. The molecule has 0 aliphatic rings. The van der Waals surface area contributed by atoms with Gasteiger partial charge in [-0.3, -0.25) is 0 Å². The van der Waals surface area contributed by atoms with Crippen molar-refractivity contribution in [1.82, 2.24) is 14.2 Å². The Morgan fingerprint density at radius 3 is 2.73 bits per heavy atom. The number of halogens is 1. The van der Waals surface area contributed by atoms with Gasteiger partial charge < -0.3 is 0 Å². The first-order chi connectivity index (χ1) is 6.89. The van der Waals surface area contributed by atoms with Crippen LogP contribution in [0.15, 0.2) is 12.3 Å². The number of hydrogen-bond donors (Lipinski definition) is 0. The van der Waals surface area contributed by atoms with E-state index in [-0.39, 0.29) is 0 Å². The van der Waals surface area contributed by atoms with Crippen LogP contribution in [0.25, 0.3) is 10.9 Å². The normalized spacial score (nSPS) is 12.2. The van der Waals surface area contributed by atoms with Crippen molar-refractivity contribution < 1.29 is 8.42 Å². The van der Waals surface area contributed by atoms with Gasteiger partial charge in [0.15, 0.2) is 0 Å². The highest BCUT2D eigenvalue weighted by Gasteiger charge is 2.14. The minimum atomic E-state index is -3.40. The molecule has 5 nitrogen and oxygen atoms in total. The molecule has 0 fully saturated rings. The molecule has 7 heteroatoms. The Kier molecular flexibility index (Phi) is 2.20. The number of nitrogens with zero attached hydrogens (tertiary/aromatic N) is 3. The molecule has 0 aliphatic carbocycles. The maximum atomic E-state index is 11.4. The third-order valence-corrected chi connectivity index (χ3v) is 3.07. The van der Waals surface area contributed by atoms with Gasteiger partial charge in [-0.1, -0.05) is 11.6 Å². The maximum Gasteiger partial charge on any atom is 0.251 e. The van der Waals surface area contributed by atoms with E-state index < -0.39 is 10.0 Å². The molecule has 0 aliphatic heterocycles. The van der Waals surface area contributed by atoms with Crippen LogP contribution >= 0.6 is 11.6 Å². The van der Waals surface area contributed by atoms with Crippen LogP contribution in [0.4, 0.5) is 0 Å². The monoisotopic (exact) mass is 245 g/mol. The van der Waals surface area contributed by atoms with E-state index in [0.717, 1.165) is 10.3 Å². The van der Waals surface area contributed by atoms with Crippen LogP contribution in [0.2, 0.25) is 5.15 Å². The van der Waals surface area contributed by atoms with Gasteiger partial charge in [0.05, 0.1) is 18.1 Å². The van der Waals surface area contributed by atoms with E-state index in [1.54, 1.807) is 13.0 Å². The molecule has 2 aromatic heterocycles. The molecule has 0 saturated carbocycles. The van der Waals surface area contributed by atoms with Crippen LogP contribution in [-0.4, -0.2) is 28.8 Å². The highest BCUT2D eigenvalue weighted by Crippen LogP contribution is 2.21. The van der Waals surface area contributed by atoms with Crippen molar-refractivity contribution >= 4 is 32.5 Å². The van der Waals surface area contributed by atoms with E-state index in [0.29, 0.717) is 21.7 Å². The average Bonchev–Trinajstić information content (AvgIpc) is 2.45. The van der Waals surface area contributed by atoms with Crippen molar-refractivity contribution in [2.45, 2.75) is 6.92 Å². The van der Waals surface area contributed by atoms with Gasteiger partial charge in [-0.2, -0.15) is 9.19 Å². The summed E-state index contributed by atoms with van der Waals surface area (Å²) in [4.78, 5) is 3.99. The smallest absolute Gasteiger partial charge is 0.239 e. The van der Waals surface area contributed by atoms with E-state index in [2.05, 4.69) is 10.1 Å². The van der Waals surface area contributed by atoms with E-state index in [9.17, 15) is 8.42 Å². The Labute approximate surface area is 91.7 Å². The summed E-state index contributed by atoms with van der Waals surface area (Å²) in [7, 11) is -3.40. The van der Waals surface area contributed by atoms with Crippen LogP contribution in [0, 0.1) is 6.92 Å². The van der Waals surface area contributed by atoms with Gasteiger partial charge in [0.25, 0.3) is 10.0 Å². The van der Waals surface area contributed by atoms with Gasteiger partial charge in [0, 0.05) is 5.39 Å². The van der Waals surface area contributed by atoms with Gasteiger partial charge in [0.2, 0.25) is 0 Å². The second-order valence-corrected chi connectivity index (χ2v) is 5.42. The first-order valence-corrected chi connectivity index (χ1v) is 6.33. The average molecular weight is 246 g/mol. The fourth-order valence-corrected chi connectivity index (χ4v) is 2.45. The zero-order valence-corrected chi connectivity index (χ0v) is 9.67.